The molecule has 2 rings (SSSR count). The van der Waals surface area contributed by atoms with Crippen molar-refractivity contribution in [1.29, 1.82) is 0 Å². The van der Waals surface area contributed by atoms with E-state index in [4.69, 9.17) is 0 Å². The van der Waals surface area contributed by atoms with E-state index in [-0.39, 0.29) is 0 Å². The highest BCUT2D eigenvalue weighted by Crippen LogP contribution is 2.10. The smallest absolute Gasteiger partial charge is 0.110 e. The second-order valence-corrected chi connectivity index (χ2v) is 5.20. The Hall–Kier alpha value is -1.61. The van der Waals surface area contributed by atoms with Crippen LogP contribution in [0, 0.1) is 0 Å². The van der Waals surface area contributed by atoms with Crippen LogP contribution in [0.5, 0.6) is 0 Å². The highest BCUT2D eigenvalue weighted by molar-refractivity contribution is 5.14. The molecule has 0 saturated heterocycles. The number of benzene rings is 1. The Kier molecular flexibility index (Phi) is 5.81. The van der Waals surface area contributed by atoms with Crippen molar-refractivity contribution in [3.63, 3.8) is 0 Å². The first-order valence-electron chi connectivity index (χ1n) is 7.54. The summed E-state index contributed by atoms with van der Waals surface area (Å²) in [4.78, 5) is 4.46. The van der Waals surface area contributed by atoms with Crippen molar-refractivity contribution in [2.24, 2.45) is 0 Å². The first-order chi connectivity index (χ1) is 9.83. The van der Waals surface area contributed by atoms with Gasteiger partial charge in [-0.15, -0.1) is 0 Å². The Morgan fingerprint density at radius 1 is 1.25 bits per heavy atom. The van der Waals surface area contributed by atoms with Crippen molar-refractivity contribution in [2.45, 2.75) is 45.2 Å². The summed E-state index contributed by atoms with van der Waals surface area (Å²) in [5.74, 6) is 1.19. The van der Waals surface area contributed by atoms with E-state index in [0.717, 1.165) is 19.4 Å². The summed E-state index contributed by atoms with van der Waals surface area (Å²) >= 11 is 0. The Bertz CT molecular complexity index is 490. The van der Waals surface area contributed by atoms with Crippen LogP contribution in [0.4, 0.5) is 0 Å². The summed E-state index contributed by atoms with van der Waals surface area (Å²) < 4.78 is 2.22. The summed E-state index contributed by atoms with van der Waals surface area (Å²) in [5.41, 5.74) is 1.43. The van der Waals surface area contributed by atoms with Crippen LogP contribution in [0.15, 0.2) is 42.7 Å². The Balaban J connectivity index is 1.81. The van der Waals surface area contributed by atoms with Gasteiger partial charge in [0, 0.05) is 31.4 Å². The van der Waals surface area contributed by atoms with Crippen LogP contribution in [0.1, 0.15) is 31.2 Å². The van der Waals surface area contributed by atoms with Gasteiger partial charge in [0.2, 0.25) is 0 Å². The average Bonchev–Trinajstić information content (AvgIpc) is 2.94. The first-order valence-corrected chi connectivity index (χ1v) is 7.54. The molecule has 0 bridgehead atoms. The molecule has 0 aliphatic carbocycles. The van der Waals surface area contributed by atoms with Crippen LogP contribution in [-0.2, 0) is 19.4 Å². The largest absolute Gasteiger partial charge is 0.335 e. The van der Waals surface area contributed by atoms with Crippen LogP contribution in [-0.4, -0.2) is 22.6 Å². The molecule has 1 aromatic heterocycles. The molecule has 0 amide bonds. The molecule has 1 heterocycles. The third-order valence-corrected chi connectivity index (χ3v) is 3.84. The van der Waals surface area contributed by atoms with Gasteiger partial charge in [0.15, 0.2) is 0 Å². The maximum atomic E-state index is 4.46. The zero-order valence-corrected chi connectivity index (χ0v) is 12.5. The van der Waals surface area contributed by atoms with E-state index in [1.54, 1.807) is 0 Å². The number of nitrogens with one attached hydrogen (secondary N) is 1. The molecule has 2 aromatic rings. The number of imidazole rings is 1. The normalized spacial score (nSPS) is 12.5. The second kappa shape index (κ2) is 7.85. The Labute approximate surface area is 122 Å². The molecule has 1 unspecified atom stereocenters. The van der Waals surface area contributed by atoms with Gasteiger partial charge in [-0.2, -0.15) is 0 Å². The summed E-state index contributed by atoms with van der Waals surface area (Å²) in [6.45, 7) is 3.16. The number of likely N-dealkylation sites (N-methyl/N-ethyl adjacent to an activating group) is 1. The molecular weight excluding hydrogens is 246 g/mol. The topological polar surface area (TPSA) is 29.9 Å². The van der Waals surface area contributed by atoms with E-state index in [0.29, 0.717) is 6.04 Å². The molecule has 0 spiro atoms. The molecule has 0 saturated carbocycles. The maximum Gasteiger partial charge on any atom is 0.110 e. The first kappa shape index (κ1) is 14.8. The number of rotatable bonds is 8. The molecule has 20 heavy (non-hydrogen) atoms. The molecule has 108 valence electrons. The molecule has 3 nitrogen and oxygen atoms in total. The third-order valence-electron chi connectivity index (χ3n) is 3.84. The molecule has 0 aliphatic heterocycles. The number of hydrogen-bond donors (Lipinski definition) is 1. The fourth-order valence-corrected chi connectivity index (χ4v) is 2.58. The minimum Gasteiger partial charge on any atom is -0.335 e. The van der Waals surface area contributed by atoms with Gasteiger partial charge in [-0.1, -0.05) is 30.3 Å². The molecule has 1 N–H and O–H groups in total. The lowest BCUT2D eigenvalue weighted by Crippen LogP contribution is -2.29. The van der Waals surface area contributed by atoms with Crippen LogP contribution < -0.4 is 5.32 Å². The van der Waals surface area contributed by atoms with Gasteiger partial charge < -0.3 is 9.88 Å². The Morgan fingerprint density at radius 3 is 2.75 bits per heavy atom. The predicted molar refractivity (Wildman–Crippen MR) is 83.8 cm³/mol. The zero-order valence-electron chi connectivity index (χ0n) is 12.5. The summed E-state index contributed by atoms with van der Waals surface area (Å²) in [6, 6.07) is 11.2. The monoisotopic (exact) mass is 271 g/mol. The van der Waals surface area contributed by atoms with Gasteiger partial charge in [-0.3, -0.25) is 0 Å². The van der Waals surface area contributed by atoms with Crippen molar-refractivity contribution in [3.8, 4) is 0 Å². The number of nitrogens with zero attached hydrogens (tertiary/aromatic N) is 2. The molecule has 0 radical (unpaired) electrons. The molecule has 0 aliphatic rings. The molecule has 1 aromatic carbocycles. The quantitative estimate of drug-likeness (QED) is 0.799. The van der Waals surface area contributed by atoms with Gasteiger partial charge in [0.05, 0.1) is 0 Å². The van der Waals surface area contributed by atoms with Crippen LogP contribution in [0.25, 0.3) is 0 Å². The van der Waals surface area contributed by atoms with Gasteiger partial charge in [0.1, 0.15) is 5.82 Å². The van der Waals surface area contributed by atoms with E-state index < -0.39 is 0 Å². The highest BCUT2D eigenvalue weighted by atomic mass is 15.1. The number of hydrogen-bond acceptors (Lipinski definition) is 2. The fraction of sp³-hybridized carbons (Fsp3) is 0.471. The van der Waals surface area contributed by atoms with Gasteiger partial charge >= 0.3 is 0 Å². The van der Waals surface area contributed by atoms with Crippen molar-refractivity contribution < 1.29 is 0 Å². The summed E-state index contributed by atoms with van der Waals surface area (Å²) in [5, 5.41) is 3.42. The lowest BCUT2D eigenvalue weighted by molar-refractivity contribution is 0.482. The zero-order chi connectivity index (χ0) is 14.2. The number of aromatic nitrogens is 2. The second-order valence-electron chi connectivity index (χ2n) is 5.20. The third kappa shape index (κ3) is 4.20. The highest BCUT2D eigenvalue weighted by Gasteiger charge is 2.10. The van der Waals surface area contributed by atoms with Crippen molar-refractivity contribution >= 4 is 0 Å². The van der Waals surface area contributed by atoms with Crippen molar-refractivity contribution in [2.75, 3.05) is 7.05 Å². The minimum absolute atomic E-state index is 0.506. The standard InChI is InChI=1S/C17H25N3/c1-3-20-13-12-19-17(20)14-16(18-2)11-7-10-15-8-5-4-6-9-15/h4-6,8-9,12-13,16,18H,3,7,10-11,14H2,1-2H3. The van der Waals surface area contributed by atoms with Gasteiger partial charge in [0.25, 0.3) is 0 Å². The summed E-state index contributed by atoms with van der Waals surface area (Å²) in [7, 11) is 2.05. The Morgan fingerprint density at radius 2 is 2.05 bits per heavy atom. The van der Waals surface area contributed by atoms with Crippen LogP contribution in [0.2, 0.25) is 0 Å². The van der Waals surface area contributed by atoms with Crippen molar-refractivity contribution in [3.05, 3.63) is 54.1 Å². The average molecular weight is 271 g/mol. The molecule has 1 atom stereocenters. The predicted octanol–water partition coefficient (Wildman–Crippen LogP) is 3.06. The molecule has 0 fully saturated rings. The lowest BCUT2D eigenvalue weighted by atomic mass is 10.0. The molecule has 3 heteroatoms. The van der Waals surface area contributed by atoms with Crippen molar-refractivity contribution in [1.82, 2.24) is 14.9 Å². The number of aryl methyl sites for hydroxylation is 2. The lowest BCUT2D eigenvalue weighted by Gasteiger charge is -2.16. The SMILES string of the molecule is CCn1ccnc1CC(CCCc1ccccc1)NC. The maximum absolute atomic E-state index is 4.46. The van der Waals surface area contributed by atoms with E-state index in [1.807, 2.05) is 13.2 Å². The molecular formula is C17H25N3. The van der Waals surface area contributed by atoms with Crippen LogP contribution >= 0.6 is 0 Å². The van der Waals surface area contributed by atoms with E-state index in [1.165, 1.54) is 24.2 Å². The summed E-state index contributed by atoms with van der Waals surface area (Å²) in [6.07, 6.45) is 8.51. The van der Waals surface area contributed by atoms with E-state index in [2.05, 4.69) is 58.3 Å². The van der Waals surface area contributed by atoms with Gasteiger partial charge in [-0.25, -0.2) is 4.98 Å². The van der Waals surface area contributed by atoms with Gasteiger partial charge in [-0.05, 0) is 38.8 Å². The van der Waals surface area contributed by atoms with Crippen LogP contribution in [0.3, 0.4) is 0 Å². The van der Waals surface area contributed by atoms with E-state index in [9.17, 15) is 0 Å². The fourth-order valence-electron chi connectivity index (χ4n) is 2.58. The minimum atomic E-state index is 0.506. The van der Waals surface area contributed by atoms with E-state index >= 15 is 0 Å².